The number of nitriles is 1. The van der Waals surface area contributed by atoms with Gasteiger partial charge in [0.2, 0.25) is 0 Å². The maximum absolute atomic E-state index is 12.7. The molecule has 0 aliphatic heterocycles. The second-order valence-corrected chi connectivity index (χ2v) is 6.24. The summed E-state index contributed by atoms with van der Waals surface area (Å²) >= 11 is 0. The second kappa shape index (κ2) is 7.79. The predicted octanol–water partition coefficient (Wildman–Crippen LogP) is 3.93. The molecule has 6 heteroatoms. The quantitative estimate of drug-likeness (QED) is 0.681. The summed E-state index contributed by atoms with van der Waals surface area (Å²) in [5.41, 5.74) is 4.23. The van der Waals surface area contributed by atoms with Gasteiger partial charge in [-0.3, -0.25) is 4.79 Å². The molecular weight excluding hydrogens is 328 g/mol. The molecule has 6 nitrogen and oxygen atoms in total. The van der Waals surface area contributed by atoms with Crippen molar-refractivity contribution in [2.45, 2.75) is 33.1 Å². The average molecular weight is 348 g/mol. The lowest BCUT2D eigenvalue weighted by atomic mass is 10.0. The molecule has 0 spiro atoms. The number of nitrogens with one attached hydrogen (secondary N) is 1. The maximum Gasteiger partial charge on any atom is 0.259 e. The molecule has 1 amide bonds. The SMILES string of the molecule is Cc1ccc(-c2cc(C(=O)NCCCCC#N)c3c(C)noc3n2)cc1. The molecule has 3 aromatic rings. The number of pyridine rings is 1. The van der Waals surface area contributed by atoms with Gasteiger partial charge in [-0.05, 0) is 32.8 Å². The van der Waals surface area contributed by atoms with Crippen molar-refractivity contribution in [2.75, 3.05) is 6.54 Å². The molecule has 1 aromatic carbocycles. The molecule has 26 heavy (non-hydrogen) atoms. The number of benzene rings is 1. The number of rotatable bonds is 6. The van der Waals surface area contributed by atoms with Crippen LogP contribution in [0, 0.1) is 25.2 Å². The van der Waals surface area contributed by atoms with Gasteiger partial charge in [0.05, 0.1) is 28.4 Å². The number of amides is 1. The van der Waals surface area contributed by atoms with Crippen LogP contribution in [-0.4, -0.2) is 22.6 Å². The van der Waals surface area contributed by atoms with E-state index in [1.165, 1.54) is 0 Å². The van der Waals surface area contributed by atoms with Crippen LogP contribution in [0.4, 0.5) is 0 Å². The fourth-order valence-electron chi connectivity index (χ4n) is 2.77. The third kappa shape index (κ3) is 3.72. The first-order valence-electron chi connectivity index (χ1n) is 8.59. The molecule has 0 aliphatic carbocycles. The van der Waals surface area contributed by atoms with Crippen LogP contribution in [0.25, 0.3) is 22.4 Å². The minimum absolute atomic E-state index is 0.186. The van der Waals surface area contributed by atoms with E-state index in [4.69, 9.17) is 9.78 Å². The monoisotopic (exact) mass is 348 g/mol. The first-order valence-corrected chi connectivity index (χ1v) is 8.59. The lowest BCUT2D eigenvalue weighted by molar-refractivity contribution is 0.0954. The number of fused-ring (bicyclic) bond motifs is 1. The van der Waals surface area contributed by atoms with E-state index < -0.39 is 0 Å². The van der Waals surface area contributed by atoms with Crippen LogP contribution in [0.2, 0.25) is 0 Å². The molecule has 2 heterocycles. The van der Waals surface area contributed by atoms with Crippen molar-refractivity contribution in [1.82, 2.24) is 15.5 Å². The molecule has 3 rings (SSSR count). The van der Waals surface area contributed by atoms with Crippen LogP contribution in [0.15, 0.2) is 34.9 Å². The first kappa shape index (κ1) is 17.6. The van der Waals surface area contributed by atoms with Crippen LogP contribution >= 0.6 is 0 Å². The zero-order chi connectivity index (χ0) is 18.5. The minimum Gasteiger partial charge on any atom is -0.352 e. The van der Waals surface area contributed by atoms with Gasteiger partial charge < -0.3 is 9.84 Å². The van der Waals surface area contributed by atoms with Gasteiger partial charge in [0.25, 0.3) is 11.6 Å². The summed E-state index contributed by atoms with van der Waals surface area (Å²) in [4.78, 5) is 17.2. The molecule has 0 bridgehead atoms. The molecular formula is C20H20N4O2. The van der Waals surface area contributed by atoms with E-state index in [0.29, 0.717) is 41.0 Å². The zero-order valence-electron chi connectivity index (χ0n) is 14.9. The average Bonchev–Trinajstić information content (AvgIpc) is 3.02. The Hall–Kier alpha value is -3.20. The van der Waals surface area contributed by atoms with E-state index in [2.05, 4.69) is 21.5 Å². The summed E-state index contributed by atoms with van der Waals surface area (Å²) in [6.45, 7) is 4.34. The van der Waals surface area contributed by atoms with Crippen LogP contribution < -0.4 is 5.32 Å². The van der Waals surface area contributed by atoms with Gasteiger partial charge in [0.15, 0.2) is 0 Å². The number of hydrogen-bond donors (Lipinski definition) is 1. The first-order chi connectivity index (χ1) is 12.6. The minimum atomic E-state index is -0.186. The van der Waals surface area contributed by atoms with Crippen LogP contribution in [0.1, 0.15) is 40.9 Å². The van der Waals surface area contributed by atoms with E-state index in [1.807, 2.05) is 31.2 Å². The largest absolute Gasteiger partial charge is 0.352 e. The normalized spacial score (nSPS) is 10.7. The lowest BCUT2D eigenvalue weighted by Gasteiger charge is -2.08. The number of aryl methyl sites for hydroxylation is 2. The summed E-state index contributed by atoms with van der Waals surface area (Å²) in [5.74, 6) is -0.186. The predicted molar refractivity (Wildman–Crippen MR) is 98.5 cm³/mol. The van der Waals surface area contributed by atoms with Gasteiger partial charge >= 0.3 is 0 Å². The number of carbonyl (C=O) groups excluding carboxylic acids is 1. The molecule has 0 saturated carbocycles. The number of unbranched alkanes of at least 4 members (excludes halogenated alkanes) is 2. The molecule has 0 radical (unpaired) electrons. The molecule has 0 unspecified atom stereocenters. The fourth-order valence-corrected chi connectivity index (χ4v) is 2.77. The van der Waals surface area contributed by atoms with Crippen molar-refractivity contribution < 1.29 is 9.32 Å². The molecule has 0 fully saturated rings. The van der Waals surface area contributed by atoms with Crippen molar-refractivity contribution in [3.8, 4) is 17.3 Å². The van der Waals surface area contributed by atoms with Gasteiger partial charge in [0.1, 0.15) is 0 Å². The number of hydrogen-bond acceptors (Lipinski definition) is 5. The second-order valence-electron chi connectivity index (χ2n) is 6.24. The van der Waals surface area contributed by atoms with E-state index in [0.717, 1.165) is 24.0 Å². The molecule has 0 aliphatic rings. The number of carbonyl (C=O) groups is 1. The summed E-state index contributed by atoms with van der Waals surface area (Å²) in [5, 5.41) is 16.1. The van der Waals surface area contributed by atoms with Crippen molar-refractivity contribution in [1.29, 1.82) is 5.26 Å². The number of nitrogens with zero attached hydrogens (tertiary/aromatic N) is 3. The highest BCUT2D eigenvalue weighted by Crippen LogP contribution is 2.27. The van der Waals surface area contributed by atoms with E-state index in [1.54, 1.807) is 13.0 Å². The van der Waals surface area contributed by atoms with Gasteiger partial charge in [-0.15, -0.1) is 0 Å². The van der Waals surface area contributed by atoms with E-state index in [9.17, 15) is 4.79 Å². The highest BCUT2D eigenvalue weighted by molar-refractivity contribution is 6.06. The van der Waals surface area contributed by atoms with Crippen molar-refractivity contribution in [3.63, 3.8) is 0 Å². The number of aromatic nitrogens is 2. The Bertz CT molecular complexity index is 968. The molecule has 0 atom stereocenters. The van der Waals surface area contributed by atoms with Crippen molar-refractivity contribution >= 4 is 17.0 Å². The lowest BCUT2D eigenvalue weighted by Crippen LogP contribution is -2.24. The summed E-state index contributed by atoms with van der Waals surface area (Å²) in [7, 11) is 0. The van der Waals surface area contributed by atoms with Crippen molar-refractivity contribution in [3.05, 3.63) is 47.2 Å². The molecule has 1 N–H and O–H groups in total. The van der Waals surface area contributed by atoms with Crippen LogP contribution in [0.3, 0.4) is 0 Å². The fraction of sp³-hybridized carbons (Fsp3) is 0.300. The molecule has 2 aromatic heterocycles. The standard InChI is InChI=1S/C20H20N4O2/c1-13-6-8-15(9-7-13)17-12-16(18-14(2)24-26-20(18)23-17)19(25)22-11-5-3-4-10-21/h6-9,12H,3-5,11H2,1-2H3,(H,22,25). The van der Waals surface area contributed by atoms with E-state index >= 15 is 0 Å². The third-order valence-electron chi connectivity index (χ3n) is 4.21. The molecule has 0 saturated heterocycles. The Labute approximate surface area is 151 Å². The topological polar surface area (TPSA) is 91.8 Å². The molecule has 132 valence electrons. The zero-order valence-corrected chi connectivity index (χ0v) is 14.9. The highest BCUT2D eigenvalue weighted by Gasteiger charge is 2.19. The van der Waals surface area contributed by atoms with Gasteiger partial charge in [0, 0.05) is 18.5 Å². The third-order valence-corrected chi connectivity index (χ3v) is 4.21. The Balaban J connectivity index is 1.92. The Morgan fingerprint density at radius 2 is 2.00 bits per heavy atom. The van der Waals surface area contributed by atoms with Crippen LogP contribution in [-0.2, 0) is 0 Å². The summed E-state index contributed by atoms with van der Waals surface area (Å²) in [6.07, 6.45) is 2.03. The van der Waals surface area contributed by atoms with E-state index in [-0.39, 0.29) is 5.91 Å². The van der Waals surface area contributed by atoms with Gasteiger partial charge in [-0.2, -0.15) is 5.26 Å². The van der Waals surface area contributed by atoms with Crippen molar-refractivity contribution in [2.24, 2.45) is 0 Å². The Morgan fingerprint density at radius 1 is 1.23 bits per heavy atom. The summed E-state index contributed by atoms with van der Waals surface area (Å²) in [6, 6.07) is 11.8. The maximum atomic E-state index is 12.7. The summed E-state index contributed by atoms with van der Waals surface area (Å²) < 4.78 is 5.31. The van der Waals surface area contributed by atoms with Gasteiger partial charge in [-0.1, -0.05) is 35.0 Å². The highest BCUT2D eigenvalue weighted by atomic mass is 16.5. The Kier molecular flexibility index (Phi) is 5.28. The van der Waals surface area contributed by atoms with Crippen LogP contribution in [0.5, 0.6) is 0 Å². The smallest absolute Gasteiger partial charge is 0.259 e. The Morgan fingerprint density at radius 3 is 2.73 bits per heavy atom. The van der Waals surface area contributed by atoms with Gasteiger partial charge in [-0.25, -0.2) is 4.98 Å².